The van der Waals surface area contributed by atoms with Crippen molar-refractivity contribution in [2.45, 2.75) is 6.54 Å². The fourth-order valence-corrected chi connectivity index (χ4v) is 2.44. The van der Waals surface area contributed by atoms with Crippen molar-refractivity contribution in [2.24, 2.45) is 0 Å². The average molecular weight is 254 g/mol. The molecule has 0 unspecified atom stereocenters. The van der Waals surface area contributed by atoms with Crippen molar-refractivity contribution in [1.29, 1.82) is 0 Å². The van der Waals surface area contributed by atoms with Crippen LogP contribution in [0.4, 0.5) is 5.69 Å². The number of carbonyl (C=O) groups excluding carboxylic acids is 1. The molecule has 4 nitrogen and oxygen atoms in total. The minimum atomic E-state index is -0.264. The lowest BCUT2D eigenvalue weighted by Gasteiger charge is -2.05. The molecule has 96 valence electrons. The molecule has 19 heavy (non-hydrogen) atoms. The molecular weight excluding hydrogens is 240 g/mol. The maximum atomic E-state index is 11.6. The number of anilines is 1. The lowest BCUT2D eigenvalue weighted by molar-refractivity contribution is -0.141. The van der Waals surface area contributed by atoms with Gasteiger partial charge in [0, 0.05) is 27.5 Å². The second kappa shape index (κ2) is 4.31. The third-order valence-corrected chi connectivity index (χ3v) is 3.31. The second-order valence-electron chi connectivity index (χ2n) is 4.46. The van der Waals surface area contributed by atoms with Crippen LogP contribution in [0.1, 0.15) is 0 Å². The van der Waals surface area contributed by atoms with Gasteiger partial charge < -0.3 is 15.0 Å². The Hall–Kier alpha value is -2.49. The summed E-state index contributed by atoms with van der Waals surface area (Å²) in [5.41, 5.74) is 8.56. The van der Waals surface area contributed by atoms with Gasteiger partial charge in [0.2, 0.25) is 0 Å². The summed E-state index contributed by atoms with van der Waals surface area (Å²) in [6.45, 7) is 0.199. The van der Waals surface area contributed by atoms with E-state index in [0.29, 0.717) is 5.69 Å². The molecule has 0 spiro atoms. The van der Waals surface area contributed by atoms with E-state index in [1.165, 1.54) is 7.11 Å². The van der Waals surface area contributed by atoms with Crippen LogP contribution in [-0.4, -0.2) is 17.6 Å². The van der Waals surface area contributed by atoms with Crippen molar-refractivity contribution >= 4 is 33.5 Å². The second-order valence-corrected chi connectivity index (χ2v) is 4.46. The minimum absolute atomic E-state index is 0.199. The Balaban J connectivity index is 2.35. The molecule has 3 aromatic rings. The highest BCUT2D eigenvalue weighted by Gasteiger charge is 2.12. The van der Waals surface area contributed by atoms with Crippen LogP contribution in [0.25, 0.3) is 21.8 Å². The fraction of sp³-hybridized carbons (Fsp3) is 0.133. The molecular formula is C15H14N2O2. The Kier molecular flexibility index (Phi) is 2.63. The van der Waals surface area contributed by atoms with E-state index in [-0.39, 0.29) is 12.5 Å². The number of ether oxygens (including phenoxy) is 1. The van der Waals surface area contributed by atoms with Crippen molar-refractivity contribution in [2.75, 3.05) is 12.8 Å². The van der Waals surface area contributed by atoms with Crippen LogP contribution in [-0.2, 0) is 16.1 Å². The van der Waals surface area contributed by atoms with Gasteiger partial charge in [-0.3, -0.25) is 4.79 Å². The zero-order valence-electron chi connectivity index (χ0n) is 10.6. The first-order chi connectivity index (χ1) is 9.20. The Bertz CT molecular complexity index is 774. The lowest BCUT2D eigenvalue weighted by atomic mass is 10.1. The quantitative estimate of drug-likeness (QED) is 0.564. The van der Waals surface area contributed by atoms with Crippen LogP contribution < -0.4 is 5.73 Å². The molecule has 0 atom stereocenters. The summed E-state index contributed by atoms with van der Waals surface area (Å²) in [4.78, 5) is 11.6. The monoisotopic (exact) mass is 254 g/mol. The Morgan fingerprint density at radius 3 is 2.68 bits per heavy atom. The molecule has 1 aromatic heterocycles. The van der Waals surface area contributed by atoms with Crippen molar-refractivity contribution < 1.29 is 9.53 Å². The molecule has 0 bridgehead atoms. The van der Waals surface area contributed by atoms with Crippen molar-refractivity contribution in [1.82, 2.24) is 4.57 Å². The number of nitrogens with zero attached hydrogens (tertiary/aromatic N) is 1. The maximum Gasteiger partial charge on any atom is 0.325 e. The molecule has 0 saturated carbocycles. The zero-order valence-corrected chi connectivity index (χ0v) is 10.6. The summed E-state index contributed by atoms with van der Waals surface area (Å²) >= 11 is 0. The number of aromatic nitrogens is 1. The first-order valence-corrected chi connectivity index (χ1v) is 6.04. The first-order valence-electron chi connectivity index (χ1n) is 6.04. The minimum Gasteiger partial charge on any atom is -0.468 e. The summed E-state index contributed by atoms with van der Waals surface area (Å²) in [6.07, 6.45) is 0. The van der Waals surface area contributed by atoms with Gasteiger partial charge in [0.15, 0.2) is 0 Å². The molecule has 2 aromatic carbocycles. The van der Waals surface area contributed by atoms with Gasteiger partial charge in [0.25, 0.3) is 0 Å². The van der Waals surface area contributed by atoms with Crippen LogP contribution in [0.3, 0.4) is 0 Å². The van der Waals surface area contributed by atoms with Crippen molar-refractivity contribution in [3.05, 3.63) is 42.5 Å². The standard InChI is InChI=1S/C15H14N2O2/c1-19-15(18)9-17-13-5-3-2-4-11(13)12-8-10(16)6-7-14(12)17/h2-8H,9,16H2,1H3. The highest BCUT2D eigenvalue weighted by Crippen LogP contribution is 2.30. The van der Waals surface area contributed by atoms with Gasteiger partial charge in [0.1, 0.15) is 6.54 Å². The third-order valence-electron chi connectivity index (χ3n) is 3.31. The number of nitrogens with two attached hydrogens (primary N) is 1. The van der Waals surface area contributed by atoms with Crippen LogP contribution in [0.15, 0.2) is 42.5 Å². The molecule has 2 N–H and O–H groups in total. The van der Waals surface area contributed by atoms with E-state index >= 15 is 0 Å². The third kappa shape index (κ3) is 1.81. The number of para-hydroxylation sites is 1. The molecule has 0 saturated heterocycles. The highest BCUT2D eigenvalue weighted by atomic mass is 16.5. The number of fused-ring (bicyclic) bond motifs is 3. The molecule has 0 aliphatic heterocycles. The summed E-state index contributed by atoms with van der Waals surface area (Å²) in [5, 5.41) is 2.15. The van der Waals surface area contributed by atoms with E-state index in [1.54, 1.807) is 0 Å². The van der Waals surface area contributed by atoms with E-state index < -0.39 is 0 Å². The SMILES string of the molecule is COC(=O)Cn1c2ccccc2c2cc(N)ccc21. The van der Waals surface area contributed by atoms with Crippen LogP contribution in [0.5, 0.6) is 0 Å². The van der Waals surface area contributed by atoms with Gasteiger partial charge in [-0.15, -0.1) is 0 Å². The molecule has 0 aliphatic carbocycles. The van der Waals surface area contributed by atoms with E-state index in [0.717, 1.165) is 21.8 Å². The van der Waals surface area contributed by atoms with E-state index in [2.05, 4.69) is 0 Å². The number of rotatable bonds is 2. The zero-order chi connectivity index (χ0) is 13.4. The number of hydrogen-bond donors (Lipinski definition) is 1. The number of esters is 1. The lowest BCUT2D eigenvalue weighted by Crippen LogP contribution is -2.11. The predicted octanol–water partition coefficient (Wildman–Crippen LogP) is 2.55. The summed E-state index contributed by atoms with van der Waals surface area (Å²) in [7, 11) is 1.40. The summed E-state index contributed by atoms with van der Waals surface area (Å²) in [5.74, 6) is -0.264. The molecule has 0 amide bonds. The van der Waals surface area contributed by atoms with Crippen molar-refractivity contribution in [3.8, 4) is 0 Å². The summed E-state index contributed by atoms with van der Waals surface area (Å²) < 4.78 is 6.71. The van der Waals surface area contributed by atoms with E-state index in [4.69, 9.17) is 10.5 Å². The average Bonchev–Trinajstić information content (AvgIpc) is 2.73. The number of methoxy groups -OCH3 is 1. The molecule has 1 heterocycles. The van der Waals surface area contributed by atoms with Gasteiger partial charge in [-0.2, -0.15) is 0 Å². The van der Waals surface area contributed by atoms with Gasteiger partial charge in [0.05, 0.1) is 7.11 Å². The predicted molar refractivity (Wildman–Crippen MR) is 75.9 cm³/mol. The van der Waals surface area contributed by atoms with Gasteiger partial charge in [-0.05, 0) is 24.3 Å². The number of hydrogen-bond acceptors (Lipinski definition) is 3. The van der Waals surface area contributed by atoms with Gasteiger partial charge >= 0.3 is 5.97 Å². The first kappa shape index (κ1) is 11.6. The largest absolute Gasteiger partial charge is 0.468 e. The Morgan fingerprint density at radius 1 is 1.16 bits per heavy atom. The molecule has 3 rings (SSSR count). The van der Waals surface area contributed by atoms with Crippen molar-refractivity contribution in [3.63, 3.8) is 0 Å². The number of carbonyl (C=O) groups is 1. The van der Waals surface area contributed by atoms with E-state index in [1.807, 2.05) is 47.0 Å². The van der Waals surface area contributed by atoms with Crippen LogP contribution in [0, 0.1) is 0 Å². The van der Waals surface area contributed by atoms with E-state index in [9.17, 15) is 4.79 Å². The smallest absolute Gasteiger partial charge is 0.325 e. The van der Waals surface area contributed by atoms with Crippen LogP contribution >= 0.6 is 0 Å². The maximum absolute atomic E-state index is 11.6. The van der Waals surface area contributed by atoms with Gasteiger partial charge in [-0.25, -0.2) is 0 Å². The van der Waals surface area contributed by atoms with Gasteiger partial charge in [-0.1, -0.05) is 18.2 Å². The number of nitrogen functional groups attached to an aromatic ring is 1. The molecule has 0 radical (unpaired) electrons. The topological polar surface area (TPSA) is 57.2 Å². The fourth-order valence-electron chi connectivity index (χ4n) is 2.44. The molecule has 4 heteroatoms. The highest BCUT2D eigenvalue weighted by molar-refractivity contribution is 6.09. The Morgan fingerprint density at radius 2 is 1.89 bits per heavy atom. The number of benzene rings is 2. The molecule has 0 fully saturated rings. The normalized spacial score (nSPS) is 11.0. The van der Waals surface area contributed by atoms with Crippen LogP contribution in [0.2, 0.25) is 0 Å². The summed E-state index contributed by atoms with van der Waals surface area (Å²) in [6, 6.07) is 13.7. The molecule has 0 aliphatic rings. The Labute approximate surface area is 110 Å².